The van der Waals surface area contributed by atoms with Crippen LogP contribution in [0, 0.1) is 0 Å². The molecular formula is C23H32N6O2. The van der Waals surface area contributed by atoms with Gasteiger partial charge < -0.3 is 25.4 Å². The molecule has 0 spiro atoms. The summed E-state index contributed by atoms with van der Waals surface area (Å²) in [6.45, 7) is 4.86. The van der Waals surface area contributed by atoms with Crippen LogP contribution in [0.2, 0.25) is 0 Å². The molecule has 0 radical (unpaired) electrons. The van der Waals surface area contributed by atoms with Crippen molar-refractivity contribution in [3.8, 4) is 11.1 Å². The molecule has 0 atom stereocenters. The maximum Gasteiger partial charge on any atom is 0.271 e. The van der Waals surface area contributed by atoms with Crippen LogP contribution in [0.3, 0.4) is 0 Å². The number of amides is 1. The normalized spacial score (nSPS) is 14.7. The molecule has 2 aromatic heterocycles. The van der Waals surface area contributed by atoms with Gasteiger partial charge in [-0.1, -0.05) is 6.08 Å². The summed E-state index contributed by atoms with van der Waals surface area (Å²) in [5.74, 6) is 0.827. The average Bonchev–Trinajstić information content (AvgIpc) is 2.81. The Labute approximate surface area is 183 Å². The number of likely N-dealkylation sites (tertiary alicyclic amines) is 1. The second-order valence-electron chi connectivity index (χ2n) is 7.58. The van der Waals surface area contributed by atoms with E-state index in [0.717, 1.165) is 36.3 Å². The van der Waals surface area contributed by atoms with Gasteiger partial charge in [0.2, 0.25) is 5.91 Å². The lowest BCUT2D eigenvalue weighted by Crippen LogP contribution is -2.47. The smallest absolute Gasteiger partial charge is 0.271 e. The highest BCUT2D eigenvalue weighted by Gasteiger charge is 2.27. The molecule has 166 valence electrons. The molecule has 0 bridgehead atoms. The Morgan fingerprint density at radius 2 is 2.06 bits per heavy atom. The summed E-state index contributed by atoms with van der Waals surface area (Å²) in [6.07, 6.45) is 8.65. The minimum Gasteiger partial charge on any atom is -0.373 e. The Morgan fingerprint density at radius 3 is 2.74 bits per heavy atom. The SMILES string of the molecule is CCN(c1cc(-c2ccnc(NC)c2)c[nH]c1=O)C1CCN(C(=O)C=CCNC)CC1. The molecule has 1 aliphatic rings. The Morgan fingerprint density at radius 1 is 1.29 bits per heavy atom. The van der Waals surface area contributed by atoms with Crippen molar-refractivity contribution in [1.82, 2.24) is 20.2 Å². The molecular weight excluding hydrogens is 392 g/mol. The van der Waals surface area contributed by atoms with Gasteiger partial charge in [-0.15, -0.1) is 0 Å². The van der Waals surface area contributed by atoms with Crippen molar-refractivity contribution in [1.29, 1.82) is 0 Å². The first-order valence-corrected chi connectivity index (χ1v) is 10.8. The number of aromatic nitrogens is 2. The predicted octanol–water partition coefficient (Wildman–Crippen LogP) is 2.07. The molecule has 8 heteroatoms. The van der Waals surface area contributed by atoms with E-state index in [2.05, 4.69) is 32.4 Å². The lowest BCUT2D eigenvalue weighted by molar-refractivity contribution is -0.127. The Bertz CT molecular complexity index is 963. The number of rotatable bonds is 8. The fourth-order valence-corrected chi connectivity index (χ4v) is 4.00. The van der Waals surface area contributed by atoms with Crippen LogP contribution in [0.25, 0.3) is 11.1 Å². The quantitative estimate of drug-likeness (QED) is 0.562. The molecule has 1 amide bonds. The molecule has 8 nitrogen and oxygen atoms in total. The number of aromatic amines is 1. The number of carbonyl (C=O) groups is 1. The third-order valence-electron chi connectivity index (χ3n) is 5.68. The third kappa shape index (κ3) is 5.52. The zero-order valence-corrected chi connectivity index (χ0v) is 18.5. The van der Waals surface area contributed by atoms with Crippen molar-refractivity contribution in [2.45, 2.75) is 25.8 Å². The fraction of sp³-hybridized carbons (Fsp3) is 0.435. The number of carbonyl (C=O) groups excluding carboxylic acids is 1. The maximum absolute atomic E-state index is 12.7. The first-order chi connectivity index (χ1) is 15.1. The van der Waals surface area contributed by atoms with Gasteiger partial charge in [0.15, 0.2) is 0 Å². The Hall–Kier alpha value is -3.13. The number of H-pyrrole nitrogens is 1. The van der Waals surface area contributed by atoms with Gasteiger partial charge >= 0.3 is 0 Å². The van der Waals surface area contributed by atoms with Gasteiger partial charge in [0.25, 0.3) is 5.56 Å². The first-order valence-electron chi connectivity index (χ1n) is 10.8. The third-order valence-corrected chi connectivity index (χ3v) is 5.68. The van der Waals surface area contributed by atoms with Gasteiger partial charge in [0.1, 0.15) is 11.5 Å². The van der Waals surface area contributed by atoms with Crippen molar-refractivity contribution >= 4 is 17.4 Å². The van der Waals surface area contributed by atoms with Crippen LogP contribution in [0.15, 0.2) is 47.5 Å². The number of hydrogen-bond acceptors (Lipinski definition) is 6. The largest absolute Gasteiger partial charge is 0.373 e. The number of nitrogens with one attached hydrogen (secondary N) is 3. The van der Waals surface area contributed by atoms with Crippen LogP contribution in [0.5, 0.6) is 0 Å². The van der Waals surface area contributed by atoms with Crippen molar-refractivity contribution in [3.05, 3.63) is 53.1 Å². The van der Waals surface area contributed by atoms with E-state index in [1.54, 1.807) is 18.5 Å². The molecule has 0 saturated carbocycles. The van der Waals surface area contributed by atoms with Crippen LogP contribution in [0.4, 0.5) is 11.5 Å². The second kappa shape index (κ2) is 10.8. The molecule has 2 aromatic rings. The summed E-state index contributed by atoms with van der Waals surface area (Å²) in [5.41, 5.74) is 2.50. The standard InChI is InChI=1S/C23H32N6O2/c1-4-29(19-8-12-28(13-9-19)22(30)6-5-10-24-2)20-14-18(16-27-23(20)31)17-7-11-26-21(15-17)25-3/h5-7,11,14-16,19,24H,4,8-10,12-13H2,1-3H3,(H,25,26)(H,27,31). The van der Waals surface area contributed by atoms with E-state index >= 15 is 0 Å². The number of piperidine rings is 1. The van der Waals surface area contributed by atoms with Crippen molar-refractivity contribution < 1.29 is 4.79 Å². The summed E-state index contributed by atoms with van der Waals surface area (Å²) in [7, 11) is 3.68. The van der Waals surface area contributed by atoms with E-state index in [1.165, 1.54) is 0 Å². The van der Waals surface area contributed by atoms with Crippen LogP contribution in [0.1, 0.15) is 19.8 Å². The van der Waals surface area contributed by atoms with Crippen LogP contribution < -0.4 is 21.1 Å². The zero-order valence-electron chi connectivity index (χ0n) is 18.5. The molecule has 3 rings (SSSR count). The molecule has 1 fully saturated rings. The molecule has 1 saturated heterocycles. The van der Waals surface area contributed by atoms with E-state index in [4.69, 9.17) is 0 Å². The molecule has 31 heavy (non-hydrogen) atoms. The van der Waals surface area contributed by atoms with E-state index in [1.807, 2.05) is 43.3 Å². The topological polar surface area (TPSA) is 93.4 Å². The summed E-state index contributed by atoms with van der Waals surface area (Å²) in [6, 6.07) is 6.06. The number of pyridine rings is 2. The van der Waals surface area contributed by atoms with Crippen molar-refractivity contribution in [3.63, 3.8) is 0 Å². The maximum atomic E-state index is 12.7. The first kappa shape index (κ1) is 22.6. The van der Waals surface area contributed by atoms with Crippen LogP contribution >= 0.6 is 0 Å². The summed E-state index contributed by atoms with van der Waals surface area (Å²) in [4.78, 5) is 36.2. The number of nitrogens with zero attached hydrogens (tertiary/aromatic N) is 3. The molecule has 3 heterocycles. The van der Waals surface area contributed by atoms with E-state index in [-0.39, 0.29) is 17.5 Å². The minimum atomic E-state index is -0.0954. The highest BCUT2D eigenvalue weighted by molar-refractivity contribution is 5.87. The van der Waals surface area contributed by atoms with Crippen molar-refractivity contribution in [2.75, 3.05) is 50.5 Å². The zero-order chi connectivity index (χ0) is 22.2. The predicted molar refractivity (Wildman–Crippen MR) is 126 cm³/mol. The average molecular weight is 425 g/mol. The monoisotopic (exact) mass is 424 g/mol. The highest BCUT2D eigenvalue weighted by atomic mass is 16.2. The number of anilines is 2. The Balaban J connectivity index is 1.75. The van der Waals surface area contributed by atoms with Crippen LogP contribution in [-0.2, 0) is 4.79 Å². The minimum absolute atomic E-state index is 0.0506. The van der Waals surface area contributed by atoms with E-state index in [0.29, 0.717) is 25.3 Å². The summed E-state index contributed by atoms with van der Waals surface area (Å²) in [5, 5.41) is 6.04. The van der Waals surface area contributed by atoms with E-state index < -0.39 is 0 Å². The molecule has 0 aliphatic carbocycles. The molecule has 0 aromatic carbocycles. The Kier molecular flexibility index (Phi) is 7.83. The summed E-state index contributed by atoms with van der Waals surface area (Å²) >= 11 is 0. The van der Waals surface area contributed by atoms with Crippen molar-refractivity contribution in [2.24, 2.45) is 0 Å². The lowest BCUT2D eigenvalue weighted by Gasteiger charge is -2.38. The van der Waals surface area contributed by atoms with Gasteiger partial charge in [-0.25, -0.2) is 4.98 Å². The molecule has 0 unspecified atom stereocenters. The highest BCUT2D eigenvalue weighted by Crippen LogP contribution is 2.26. The fourth-order valence-electron chi connectivity index (χ4n) is 4.00. The lowest BCUT2D eigenvalue weighted by atomic mass is 10.0. The van der Waals surface area contributed by atoms with Gasteiger partial charge in [-0.05, 0) is 50.6 Å². The van der Waals surface area contributed by atoms with Gasteiger partial charge in [-0.3, -0.25) is 9.59 Å². The van der Waals surface area contributed by atoms with Gasteiger partial charge in [0, 0.05) is 63.3 Å². The second-order valence-corrected chi connectivity index (χ2v) is 7.58. The number of hydrogen-bond donors (Lipinski definition) is 3. The molecule has 1 aliphatic heterocycles. The van der Waals surface area contributed by atoms with Crippen LogP contribution in [-0.4, -0.2) is 67.1 Å². The van der Waals surface area contributed by atoms with Gasteiger partial charge in [-0.2, -0.15) is 0 Å². The van der Waals surface area contributed by atoms with Gasteiger partial charge in [0.05, 0.1) is 0 Å². The number of likely N-dealkylation sites (N-methyl/N-ethyl adjacent to an activating group) is 1. The summed E-state index contributed by atoms with van der Waals surface area (Å²) < 4.78 is 0. The molecule has 3 N–H and O–H groups in total. The van der Waals surface area contributed by atoms with E-state index in [9.17, 15) is 9.59 Å².